The first kappa shape index (κ1) is 11.5. The molecule has 17 heavy (non-hydrogen) atoms. The summed E-state index contributed by atoms with van der Waals surface area (Å²) in [6, 6.07) is 0.329. The molecule has 3 nitrogen and oxygen atoms in total. The normalized spacial score (nSPS) is 40.9. The number of hydrogen-bond donors (Lipinski definition) is 1. The molecule has 2 N–H and O–H groups in total. The van der Waals surface area contributed by atoms with E-state index in [2.05, 4.69) is 4.90 Å². The Morgan fingerprint density at radius 1 is 1.18 bits per heavy atom. The molecule has 4 unspecified atom stereocenters. The van der Waals surface area contributed by atoms with Crippen molar-refractivity contribution < 1.29 is 4.79 Å². The van der Waals surface area contributed by atoms with Gasteiger partial charge in [0.1, 0.15) is 0 Å². The van der Waals surface area contributed by atoms with Crippen molar-refractivity contribution in [2.45, 2.75) is 51.0 Å². The predicted octanol–water partition coefficient (Wildman–Crippen LogP) is 1.76. The standard InChI is InChI=1S/C14H24N2O/c15-9-12-3-1-2-6-16(12)14(17)13-8-10-4-5-11(13)7-10/h10-13H,1-9,15H2. The first-order chi connectivity index (χ1) is 8.29. The van der Waals surface area contributed by atoms with Crippen LogP contribution >= 0.6 is 0 Å². The van der Waals surface area contributed by atoms with E-state index in [1.165, 1.54) is 32.1 Å². The fraction of sp³-hybridized carbons (Fsp3) is 0.929. The molecule has 1 saturated heterocycles. The van der Waals surface area contributed by atoms with E-state index in [1.807, 2.05) is 0 Å². The monoisotopic (exact) mass is 236 g/mol. The highest BCUT2D eigenvalue weighted by molar-refractivity contribution is 5.80. The lowest BCUT2D eigenvalue weighted by Crippen LogP contribution is -2.50. The minimum atomic E-state index is 0.329. The molecule has 2 bridgehead atoms. The van der Waals surface area contributed by atoms with Gasteiger partial charge in [0.2, 0.25) is 5.91 Å². The Labute approximate surface area is 104 Å². The Kier molecular flexibility index (Phi) is 3.12. The SMILES string of the molecule is NCC1CCCCN1C(=O)C1CC2CCC1C2. The number of hydrogen-bond acceptors (Lipinski definition) is 2. The van der Waals surface area contributed by atoms with Crippen molar-refractivity contribution in [3.8, 4) is 0 Å². The average Bonchev–Trinajstić information content (AvgIpc) is 3.00. The van der Waals surface area contributed by atoms with E-state index in [0.717, 1.165) is 25.3 Å². The number of piperidine rings is 1. The third kappa shape index (κ3) is 1.99. The van der Waals surface area contributed by atoms with Gasteiger partial charge in [-0.25, -0.2) is 0 Å². The molecule has 0 spiro atoms. The summed E-state index contributed by atoms with van der Waals surface area (Å²) in [5, 5.41) is 0. The van der Waals surface area contributed by atoms with Crippen LogP contribution in [0.25, 0.3) is 0 Å². The maximum Gasteiger partial charge on any atom is 0.226 e. The van der Waals surface area contributed by atoms with Crippen molar-refractivity contribution in [1.82, 2.24) is 4.90 Å². The summed E-state index contributed by atoms with van der Waals surface area (Å²) in [6.45, 7) is 1.60. The van der Waals surface area contributed by atoms with Gasteiger partial charge in [-0.3, -0.25) is 4.79 Å². The second-order valence-corrected chi connectivity index (χ2v) is 6.20. The number of likely N-dealkylation sites (tertiary alicyclic amines) is 1. The van der Waals surface area contributed by atoms with Gasteiger partial charge in [0.15, 0.2) is 0 Å². The molecule has 1 heterocycles. The zero-order valence-electron chi connectivity index (χ0n) is 10.6. The average molecular weight is 236 g/mol. The highest BCUT2D eigenvalue weighted by Crippen LogP contribution is 2.49. The van der Waals surface area contributed by atoms with E-state index in [-0.39, 0.29) is 0 Å². The molecular weight excluding hydrogens is 212 g/mol. The Morgan fingerprint density at radius 3 is 2.71 bits per heavy atom. The van der Waals surface area contributed by atoms with Gasteiger partial charge in [-0.05, 0) is 50.4 Å². The third-order valence-electron chi connectivity index (χ3n) is 5.24. The summed E-state index contributed by atoms with van der Waals surface area (Å²) >= 11 is 0. The van der Waals surface area contributed by atoms with Crippen LogP contribution in [0.15, 0.2) is 0 Å². The summed E-state index contributed by atoms with van der Waals surface area (Å²) in [4.78, 5) is 14.7. The number of carbonyl (C=O) groups excluding carboxylic acids is 1. The molecule has 0 aromatic heterocycles. The zero-order valence-corrected chi connectivity index (χ0v) is 10.6. The molecule has 0 aromatic rings. The van der Waals surface area contributed by atoms with Gasteiger partial charge in [0, 0.05) is 25.0 Å². The van der Waals surface area contributed by atoms with Crippen LogP contribution in [0.1, 0.15) is 44.9 Å². The van der Waals surface area contributed by atoms with Crippen LogP contribution in [0.2, 0.25) is 0 Å². The molecule has 3 rings (SSSR count). The Balaban J connectivity index is 1.68. The van der Waals surface area contributed by atoms with E-state index in [0.29, 0.717) is 30.3 Å². The second kappa shape index (κ2) is 4.60. The number of rotatable bonds is 2. The highest BCUT2D eigenvalue weighted by Gasteiger charge is 2.45. The second-order valence-electron chi connectivity index (χ2n) is 6.20. The van der Waals surface area contributed by atoms with Crippen LogP contribution in [0.5, 0.6) is 0 Å². The van der Waals surface area contributed by atoms with Gasteiger partial charge < -0.3 is 10.6 Å². The van der Waals surface area contributed by atoms with Gasteiger partial charge in [-0.2, -0.15) is 0 Å². The van der Waals surface area contributed by atoms with E-state index in [4.69, 9.17) is 5.73 Å². The lowest BCUT2D eigenvalue weighted by atomic mass is 9.86. The van der Waals surface area contributed by atoms with Gasteiger partial charge >= 0.3 is 0 Å². The Hall–Kier alpha value is -0.570. The molecule has 1 aliphatic heterocycles. The van der Waals surface area contributed by atoms with Crippen molar-refractivity contribution in [3.63, 3.8) is 0 Å². The molecule has 1 amide bonds. The van der Waals surface area contributed by atoms with E-state index >= 15 is 0 Å². The van der Waals surface area contributed by atoms with Gasteiger partial charge in [0.05, 0.1) is 0 Å². The smallest absolute Gasteiger partial charge is 0.226 e. The lowest BCUT2D eigenvalue weighted by Gasteiger charge is -2.38. The van der Waals surface area contributed by atoms with Crippen molar-refractivity contribution >= 4 is 5.91 Å². The summed E-state index contributed by atoms with van der Waals surface area (Å²) < 4.78 is 0. The maximum atomic E-state index is 12.6. The van der Waals surface area contributed by atoms with Crippen LogP contribution in [0, 0.1) is 17.8 Å². The molecule has 96 valence electrons. The van der Waals surface area contributed by atoms with Crippen LogP contribution in [0.3, 0.4) is 0 Å². The van der Waals surface area contributed by atoms with E-state index in [1.54, 1.807) is 0 Å². The Morgan fingerprint density at radius 2 is 2.06 bits per heavy atom. The van der Waals surface area contributed by atoms with Crippen LogP contribution in [0.4, 0.5) is 0 Å². The van der Waals surface area contributed by atoms with Crippen LogP contribution in [-0.2, 0) is 4.79 Å². The molecule has 3 heteroatoms. The van der Waals surface area contributed by atoms with Crippen molar-refractivity contribution in [1.29, 1.82) is 0 Å². The molecule has 0 aromatic carbocycles. The van der Waals surface area contributed by atoms with Gasteiger partial charge in [-0.1, -0.05) is 6.42 Å². The number of fused-ring (bicyclic) bond motifs is 2. The number of carbonyl (C=O) groups is 1. The van der Waals surface area contributed by atoms with Crippen LogP contribution in [-0.4, -0.2) is 29.9 Å². The molecule has 3 fully saturated rings. The number of nitrogens with zero attached hydrogens (tertiary/aromatic N) is 1. The first-order valence-corrected chi connectivity index (χ1v) is 7.30. The molecule has 0 radical (unpaired) electrons. The fourth-order valence-corrected chi connectivity index (χ4v) is 4.30. The molecule has 4 atom stereocenters. The van der Waals surface area contributed by atoms with Crippen molar-refractivity contribution in [2.75, 3.05) is 13.1 Å². The number of amides is 1. The molecule has 3 aliphatic rings. The van der Waals surface area contributed by atoms with Crippen molar-refractivity contribution in [3.05, 3.63) is 0 Å². The Bertz CT molecular complexity index is 305. The van der Waals surface area contributed by atoms with E-state index < -0.39 is 0 Å². The molecule has 2 saturated carbocycles. The van der Waals surface area contributed by atoms with E-state index in [9.17, 15) is 4.79 Å². The van der Waals surface area contributed by atoms with Crippen LogP contribution < -0.4 is 5.73 Å². The molecular formula is C14H24N2O. The largest absolute Gasteiger partial charge is 0.338 e. The predicted molar refractivity (Wildman–Crippen MR) is 67.3 cm³/mol. The van der Waals surface area contributed by atoms with Crippen molar-refractivity contribution in [2.24, 2.45) is 23.5 Å². The minimum absolute atomic E-state index is 0.329. The summed E-state index contributed by atoms with van der Waals surface area (Å²) in [5.41, 5.74) is 5.81. The fourth-order valence-electron chi connectivity index (χ4n) is 4.30. The third-order valence-corrected chi connectivity index (χ3v) is 5.24. The first-order valence-electron chi connectivity index (χ1n) is 7.30. The highest BCUT2D eigenvalue weighted by atomic mass is 16.2. The topological polar surface area (TPSA) is 46.3 Å². The molecule has 2 aliphatic carbocycles. The summed E-state index contributed by atoms with van der Waals surface area (Å²) in [6.07, 6.45) is 8.67. The summed E-state index contributed by atoms with van der Waals surface area (Å²) in [7, 11) is 0. The van der Waals surface area contributed by atoms with Gasteiger partial charge in [0.25, 0.3) is 0 Å². The zero-order chi connectivity index (χ0) is 11.8. The minimum Gasteiger partial charge on any atom is -0.338 e. The van der Waals surface area contributed by atoms with Gasteiger partial charge in [-0.15, -0.1) is 0 Å². The maximum absolute atomic E-state index is 12.6. The lowest BCUT2D eigenvalue weighted by molar-refractivity contribution is -0.140. The number of nitrogens with two attached hydrogens (primary N) is 1. The quantitative estimate of drug-likeness (QED) is 0.794. The summed E-state index contributed by atoms with van der Waals surface area (Å²) in [5.74, 6) is 2.34.